The van der Waals surface area contributed by atoms with Gasteiger partial charge in [0.05, 0.1) is 13.2 Å². The van der Waals surface area contributed by atoms with Crippen LogP contribution in [0.25, 0.3) is 6.08 Å². The second-order valence-corrected chi connectivity index (χ2v) is 7.09. The quantitative estimate of drug-likeness (QED) is 0.616. The summed E-state index contributed by atoms with van der Waals surface area (Å²) in [6.45, 7) is 6.04. The summed E-state index contributed by atoms with van der Waals surface area (Å²) >= 11 is 0. The Morgan fingerprint density at radius 1 is 1.31 bits per heavy atom. The molecule has 0 spiro atoms. The van der Waals surface area contributed by atoms with E-state index in [1.165, 1.54) is 6.42 Å². The van der Waals surface area contributed by atoms with E-state index in [2.05, 4.69) is 12.2 Å². The first-order valence-electron chi connectivity index (χ1n) is 9.22. The molecule has 1 aliphatic carbocycles. The third kappa shape index (κ3) is 5.26. The summed E-state index contributed by atoms with van der Waals surface area (Å²) < 4.78 is 11.1. The Balaban J connectivity index is 2.16. The molecule has 1 N–H and O–H groups in total. The molecule has 0 bridgehead atoms. The minimum absolute atomic E-state index is 0.0308. The van der Waals surface area contributed by atoms with Gasteiger partial charge in [0.1, 0.15) is 11.6 Å². The smallest absolute Gasteiger partial charge is 0.262 e. The van der Waals surface area contributed by atoms with Crippen LogP contribution in [-0.2, 0) is 4.79 Å². The average Bonchev–Trinajstić information content (AvgIpc) is 2.62. The molecular weight excluding hydrogens is 328 g/mol. The van der Waals surface area contributed by atoms with Crippen LogP contribution in [0.1, 0.15) is 52.0 Å². The van der Waals surface area contributed by atoms with Gasteiger partial charge in [0.25, 0.3) is 5.91 Å². The van der Waals surface area contributed by atoms with Crippen molar-refractivity contribution in [3.63, 3.8) is 0 Å². The zero-order chi connectivity index (χ0) is 19.1. The summed E-state index contributed by atoms with van der Waals surface area (Å²) in [5, 5.41) is 12.4. The predicted molar refractivity (Wildman–Crippen MR) is 102 cm³/mol. The average molecular weight is 356 g/mol. The Kier molecular flexibility index (Phi) is 7.08. The van der Waals surface area contributed by atoms with Gasteiger partial charge in [-0.1, -0.05) is 25.8 Å². The lowest BCUT2D eigenvalue weighted by Crippen LogP contribution is -2.41. The molecule has 2 rings (SSSR count). The molecule has 1 saturated carbocycles. The monoisotopic (exact) mass is 356 g/mol. The van der Waals surface area contributed by atoms with Gasteiger partial charge in [0, 0.05) is 6.04 Å². The van der Waals surface area contributed by atoms with E-state index in [1.807, 2.05) is 26.0 Å². The highest BCUT2D eigenvalue weighted by atomic mass is 16.5. The van der Waals surface area contributed by atoms with Crippen molar-refractivity contribution in [1.29, 1.82) is 5.26 Å². The fourth-order valence-electron chi connectivity index (χ4n) is 3.22. The molecule has 0 radical (unpaired) electrons. The van der Waals surface area contributed by atoms with Crippen LogP contribution in [0.4, 0.5) is 0 Å². The summed E-state index contributed by atoms with van der Waals surface area (Å²) in [5.74, 6) is 1.35. The minimum Gasteiger partial charge on any atom is -0.493 e. The van der Waals surface area contributed by atoms with Crippen molar-refractivity contribution < 1.29 is 14.3 Å². The van der Waals surface area contributed by atoms with Gasteiger partial charge in [0.15, 0.2) is 11.5 Å². The Morgan fingerprint density at radius 2 is 2.04 bits per heavy atom. The SMILES string of the molecule is COc1cc(/C=C(\C#N)C(=O)NC2CCCCC2C)ccc1OC(C)C. The van der Waals surface area contributed by atoms with Crippen molar-refractivity contribution in [3.8, 4) is 17.6 Å². The van der Waals surface area contributed by atoms with E-state index < -0.39 is 0 Å². The molecular formula is C21H28N2O3. The predicted octanol–water partition coefficient (Wildman–Crippen LogP) is 4.08. The summed E-state index contributed by atoms with van der Waals surface area (Å²) in [4.78, 5) is 12.5. The number of nitriles is 1. The number of nitrogens with one attached hydrogen (secondary N) is 1. The van der Waals surface area contributed by atoms with Gasteiger partial charge in [-0.25, -0.2) is 0 Å². The van der Waals surface area contributed by atoms with Crippen LogP contribution in [0.3, 0.4) is 0 Å². The van der Waals surface area contributed by atoms with Crippen molar-refractivity contribution in [3.05, 3.63) is 29.3 Å². The highest BCUT2D eigenvalue weighted by Crippen LogP contribution is 2.30. The van der Waals surface area contributed by atoms with Crippen molar-refractivity contribution in [2.75, 3.05) is 7.11 Å². The lowest BCUT2D eigenvalue weighted by Gasteiger charge is -2.29. The molecule has 1 aromatic carbocycles. The number of hydrogen-bond donors (Lipinski definition) is 1. The summed E-state index contributed by atoms with van der Waals surface area (Å²) in [6, 6.07) is 7.53. The fraction of sp³-hybridized carbons (Fsp3) is 0.524. The molecule has 5 heteroatoms. The third-order valence-corrected chi connectivity index (χ3v) is 4.65. The minimum atomic E-state index is -0.312. The second kappa shape index (κ2) is 9.28. The molecule has 0 heterocycles. The maximum Gasteiger partial charge on any atom is 0.262 e. The van der Waals surface area contributed by atoms with Crippen LogP contribution in [0.5, 0.6) is 11.5 Å². The maximum atomic E-state index is 12.5. The van der Waals surface area contributed by atoms with Crippen LogP contribution < -0.4 is 14.8 Å². The number of hydrogen-bond acceptors (Lipinski definition) is 4. The number of methoxy groups -OCH3 is 1. The van der Waals surface area contributed by atoms with E-state index in [-0.39, 0.29) is 23.6 Å². The molecule has 0 saturated heterocycles. The lowest BCUT2D eigenvalue weighted by molar-refractivity contribution is -0.118. The molecule has 1 fully saturated rings. The highest BCUT2D eigenvalue weighted by Gasteiger charge is 2.24. The molecule has 2 atom stereocenters. The maximum absolute atomic E-state index is 12.5. The first-order valence-corrected chi connectivity index (χ1v) is 9.22. The van der Waals surface area contributed by atoms with Crippen molar-refractivity contribution in [2.45, 2.75) is 58.6 Å². The Morgan fingerprint density at radius 3 is 2.65 bits per heavy atom. The number of ether oxygens (including phenoxy) is 2. The van der Waals surface area contributed by atoms with Crippen LogP contribution in [0.15, 0.2) is 23.8 Å². The van der Waals surface area contributed by atoms with E-state index in [1.54, 1.807) is 25.3 Å². The summed E-state index contributed by atoms with van der Waals surface area (Å²) in [5.41, 5.74) is 0.823. The largest absolute Gasteiger partial charge is 0.493 e. The van der Waals surface area contributed by atoms with Gasteiger partial charge in [-0.3, -0.25) is 4.79 Å². The van der Waals surface area contributed by atoms with Crippen molar-refractivity contribution >= 4 is 12.0 Å². The number of nitrogens with zero attached hydrogens (tertiary/aromatic N) is 1. The zero-order valence-electron chi connectivity index (χ0n) is 16.0. The van der Waals surface area contributed by atoms with Crippen LogP contribution in [0, 0.1) is 17.2 Å². The topological polar surface area (TPSA) is 71.3 Å². The van der Waals surface area contributed by atoms with Gasteiger partial charge in [0.2, 0.25) is 0 Å². The van der Waals surface area contributed by atoms with Crippen LogP contribution in [-0.4, -0.2) is 25.2 Å². The Hall–Kier alpha value is -2.48. The highest BCUT2D eigenvalue weighted by molar-refractivity contribution is 6.01. The molecule has 140 valence electrons. The number of benzene rings is 1. The lowest BCUT2D eigenvalue weighted by atomic mass is 9.86. The molecule has 2 unspecified atom stereocenters. The first-order chi connectivity index (χ1) is 12.4. The van der Waals surface area contributed by atoms with E-state index in [9.17, 15) is 10.1 Å². The van der Waals surface area contributed by atoms with Gasteiger partial charge in [-0.15, -0.1) is 0 Å². The van der Waals surface area contributed by atoms with E-state index in [4.69, 9.17) is 9.47 Å². The Labute approximate surface area is 156 Å². The van der Waals surface area contributed by atoms with E-state index in [0.29, 0.717) is 17.4 Å². The van der Waals surface area contributed by atoms with Crippen LogP contribution in [0.2, 0.25) is 0 Å². The molecule has 26 heavy (non-hydrogen) atoms. The second-order valence-electron chi connectivity index (χ2n) is 7.09. The molecule has 1 amide bonds. The fourth-order valence-corrected chi connectivity index (χ4v) is 3.22. The van der Waals surface area contributed by atoms with Crippen LogP contribution >= 0.6 is 0 Å². The zero-order valence-corrected chi connectivity index (χ0v) is 16.0. The molecule has 1 aromatic rings. The molecule has 1 aliphatic rings. The van der Waals surface area contributed by atoms with Gasteiger partial charge in [-0.05, 0) is 56.4 Å². The third-order valence-electron chi connectivity index (χ3n) is 4.65. The number of carbonyl (C=O) groups is 1. The number of amides is 1. The summed E-state index contributed by atoms with van der Waals surface area (Å²) in [6.07, 6.45) is 6.04. The number of rotatable bonds is 6. The Bertz CT molecular complexity index is 704. The normalized spacial score (nSPS) is 20.4. The van der Waals surface area contributed by atoms with Gasteiger partial charge in [-0.2, -0.15) is 5.26 Å². The van der Waals surface area contributed by atoms with Crippen molar-refractivity contribution in [2.24, 2.45) is 5.92 Å². The van der Waals surface area contributed by atoms with Crippen molar-refractivity contribution in [1.82, 2.24) is 5.32 Å². The number of carbonyl (C=O) groups excluding carboxylic acids is 1. The molecule has 0 aromatic heterocycles. The summed E-state index contributed by atoms with van der Waals surface area (Å²) in [7, 11) is 1.57. The van der Waals surface area contributed by atoms with Gasteiger partial charge < -0.3 is 14.8 Å². The van der Waals surface area contributed by atoms with E-state index in [0.717, 1.165) is 24.8 Å². The molecule has 5 nitrogen and oxygen atoms in total. The van der Waals surface area contributed by atoms with Gasteiger partial charge >= 0.3 is 0 Å². The molecule has 0 aliphatic heterocycles. The standard InChI is InChI=1S/C21H28N2O3/c1-14(2)26-19-10-9-16(12-20(19)25-4)11-17(13-22)21(24)23-18-8-6-5-7-15(18)3/h9-12,14-15,18H,5-8H2,1-4H3,(H,23,24)/b17-11+. The van der Waals surface area contributed by atoms with E-state index >= 15 is 0 Å². The first kappa shape index (κ1) is 19.8.